The molecule has 0 unspecified atom stereocenters. The van der Waals surface area contributed by atoms with E-state index in [2.05, 4.69) is 12.2 Å². The van der Waals surface area contributed by atoms with Crippen LogP contribution in [0.5, 0.6) is 5.75 Å². The summed E-state index contributed by atoms with van der Waals surface area (Å²) in [5, 5.41) is 3.01. The minimum Gasteiger partial charge on any atom is -0.494 e. The number of carbonyl (C=O) groups excluding carboxylic acids is 1. The summed E-state index contributed by atoms with van der Waals surface area (Å²) in [6.07, 6.45) is 8.77. The second-order valence-electron chi connectivity index (χ2n) is 7.22. The molecule has 3 N–H and O–H groups in total. The Labute approximate surface area is 158 Å². The Bertz CT molecular complexity index is 525. The van der Waals surface area contributed by atoms with Gasteiger partial charge in [0.05, 0.1) is 6.61 Å². The Morgan fingerprint density at radius 1 is 1.12 bits per heavy atom. The molecule has 1 aliphatic rings. The van der Waals surface area contributed by atoms with E-state index in [-0.39, 0.29) is 6.03 Å². The van der Waals surface area contributed by atoms with Crippen LogP contribution in [-0.4, -0.2) is 36.2 Å². The first-order chi connectivity index (χ1) is 12.6. The number of amides is 2. The van der Waals surface area contributed by atoms with Gasteiger partial charge in [-0.05, 0) is 63.3 Å². The molecule has 0 bridgehead atoms. The van der Waals surface area contributed by atoms with Crippen LogP contribution >= 0.6 is 0 Å². The fraction of sp³-hybridized carbons (Fsp3) is 0.667. The number of rotatable bonds is 9. The molecule has 1 fully saturated rings. The summed E-state index contributed by atoms with van der Waals surface area (Å²) in [6.45, 7) is 5.70. The maximum atomic E-state index is 12.6. The Kier molecular flexibility index (Phi) is 8.75. The molecule has 146 valence electrons. The van der Waals surface area contributed by atoms with Crippen molar-refractivity contribution in [3.8, 4) is 5.75 Å². The van der Waals surface area contributed by atoms with Crippen molar-refractivity contribution in [1.82, 2.24) is 4.90 Å². The summed E-state index contributed by atoms with van der Waals surface area (Å²) in [5.41, 5.74) is 6.78. The zero-order valence-corrected chi connectivity index (χ0v) is 16.4. The molecular formula is C21H35N3O2. The average Bonchev–Trinajstić information content (AvgIpc) is 2.65. The second-order valence-corrected chi connectivity index (χ2v) is 7.22. The summed E-state index contributed by atoms with van der Waals surface area (Å²) in [5.74, 6) is 0.855. The molecule has 0 spiro atoms. The van der Waals surface area contributed by atoms with Gasteiger partial charge in [0.1, 0.15) is 5.75 Å². The van der Waals surface area contributed by atoms with E-state index in [4.69, 9.17) is 10.5 Å². The number of ether oxygens (including phenoxy) is 1. The molecule has 0 heterocycles. The number of nitrogens with zero attached hydrogens (tertiary/aromatic N) is 1. The normalized spacial score (nSPS) is 19.8. The van der Waals surface area contributed by atoms with Gasteiger partial charge >= 0.3 is 6.03 Å². The molecule has 5 heteroatoms. The van der Waals surface area contributed by atoms with Gasteiger partial charge in [0.2, 0.25) is 0 Å². The molecule has 2 amide bonds. The highest BCUT2D eigenvalue weighted by Crippen LogP contribution is 2.23. The van der Waals surface area contributed by atoms with E-state index in [0.29, 0.717) is 18.6 Å². The number of urea groups is 1. The highest BCUT2D eigenvalue weighted by atomic mass is 16.5. The van der Waals surface area contributed by atoms with Crippen molar-refractivity contribution in [3.63, 3.8) is 0 Å². The van der Waals surface area contributed by atoms with E-state index in [9.17, 15) is 4.79 Å². The summed E-state index contributed by atoms with van der Waals surface area (Å²) in [4.78, 5) is 14.6. The third-order valence-electron chi connectivity index (χ3n) is 5.16. The standard InChI is InChI=1S/C21H35N3O2/c1-3-5-6-7-16-26-20-14-10-18(11-15-20)23-21(25)24(4-2)19-12-8-17(22)9-13-19/h10-11,14-15,17,19H,3-9,12-13,16,22H2,1-2H3,(H,23,25)/t17-,19-. The minimum atomic E-state index is -0.0267. The van der Waals surface area contributed by atoms with E-state index in [1.165, 1.54) is 19.3 Å². The van der Waals surface area contributed by atoms with Crippen LogP contribution in [0.1, 0.15) is 65.2 Å². The Morgan fingerprint density at radius 2 is 1.81 bits per heavy atom. The SMILES string of the molecule is CCCCCCOc1ccc(NC(=O)N(CC)[C@H]2CC[C@H](N)CC2)cc1. The van der Waals surface area contributed by atoms with Gasteiger partial charge in [-0.1, -0.05) is 26.2 Å². The summed E-state index contributed by atoms with van der Waals surface area (Å²) in [6, 6.07) is 8.22. The number of nitrogens with one attached hydrogen (secondary N) is 1. The maximum absolute atomic E-state index is 12.6. The third kappa shape index (κ3) is 6.52. The number of unbranched alkanes of at least 4 members (excludes halogenated alkanes) is 3. The van der Waals surface area contributed by atoms with Gasteiger partial charge in [-0.3, -0.25) is 0 Å². The summed E-state index contributed by atoms with van der Waals surface area (Å²) < 4.78 is 5.75. The first-order valence-corrected chi connectivity index (χ1v) is 10.2. The van der Waals surface area contributed by atoms with Gasteiger partial charge in [0, 0.05) is 24.3 Å². The smallest absolute Gasteiger partial charge is 0.322 e. The van der Waals surface area contributed by atoms with Crippen LogP contribution in [0.3, 0.4) is 0 Å². The highest BCUT2D eigenvalue weighted by Gasteiger charge is 2.26. The first kappa shape index (κ1) is 20.6. The minimum absolute atomic E-state index is 0.0267. The molecule has 26 heavy (non-hydrogen) atoms. The lowest BCUT2D eigenvalue weighted by Crippen LogP contribution is -2.46. The molecule has 2 rings (SSSR count). The monoisotopic (exact) mass is 361 g/mol. The average molecular weight is 362 g/mol. The number of nitrogens with two attached hydrogens (primary N) is 1. The summed E-state index contributed by atoms with van der Waals surface area (Å²) >= 11 is 0. The van der Waals surface area contributed by atoms with E-state index < -0.39 is 0 Å². The van der Waals surface area contributed by atoms with Crippen molar-refractivity contribution in [2.45, 2.75) is 77.3 Å². The Hall–Kier alpha value is -1.75. The van der Waals surface area contributed by atoms with Gasteiger partial charge in [-0.15, -0.1) is 0 Å². The van der Waals surface area contributed by atoms with E-state index in [1.54, 1.807) is 0 Å². The molecule has 1 saturated carbocycles. The van der Waals surface area contributed by atoms with E-state index in [1.807, 2.05) is 36.1 Å². The molecule has 0 radical (unpaired) electrons. The first-order valence-electron chi connectivity index (χ1n) is 10.2. The van der Waals surface area contributed by atoms with Crippen molar-refractivity contribution in [3.05, 3.63) is 24.3 Å². The predicted octanol–water partition coefficient (Wildman–Crippen LogP) is 4.77. The van der Waals surface area contributed by atoms with Crippen molar-refractivity contribution < 1.29 is 9.53 Å². The number of benzene rings is 1. The fourth-order valence-corrected chi connectivity index (χ4v) is 3.53. The van der Waals surface area contributed by atoms with E-state index in [0.717, 1.165) is 50.1 Å². The molecule has 0 aromatic heterocycles. The highest BCUT2D eigenvalue weighted by molar-refractivity contribution is 5.89. The number of carbonyl (C=O) groups is 1. The zero-order valence-electron chi connectivity index (χ0n) is 16.4. The Balaban J connectivity index is 1.80. The molecule has 0 atom stereocenters. The van der Waals surface area contributed by atoms with E-state index >= 15 is 0 Å². The Morgan fingerprint density at radius 3 is 2.42 bits per heavy atom. The van der Waals surface area contributed by atoms with Crippen molar-refractivity contribution in [1.29, 1.82) is 0 Å². The second kappa shape index (κ2) is 11.1. The van der Waals surface area contributed by atoms with Gasteiger partial charge in [-0.25, -0.2) is 4.79 Å². The van der Waals surface area contributed by atoms with Crippen molar-refractivity contribution >= 4 is 11.7 Å². The topological polar surface area (TPSA) is 67.6 Å². The lowest BCUT2D eigenvalue weighted by atomic mass is 9.91. The third-order valence-corrected chi connectivity index (χ3v) is 5.16. The molecule has 1 aliphatic carbocycles. The van der Waals surface area contributed by atoms with Crippen LogP contribution < -0.4 is 15.8 Å². The molecular weight excluding hydrogens is 326 g/mol. The van der Waals surface area contributed by atoms with Crippen LogP contribution in [0.2, 0.25) is 0 Å². The van der Waals surface area contributed by atoms with Crippen LogP contribution in [0.4, 0.5) is 10.5 Å². The van der Waals surface area contributed by atoms with Crippen LogP contribution in [0.25, 0.3) is 0 Å². The molecule has 5 nitrogen and oxygen atoms in total. The maximum Gasteiger partial charge on any atom is 0.322 e. The largest absolute Gasteiger partial charge is 0.494 e. The lowest BCUT2D eigenvalue weighted by Gasteiger charge is -2.35. The fourth-order valence-electron chi connectivity index (χ4n) is 3.53. The lowest BCUT2D eigenvalue weighted by molar-refractivity contribution is 0.167. The zero-order chi connectivity index (χ0) is 18.8. The number of hydrogen-bond acceptors (Lipinski definition) is 3. The van der Waals surface area contributed by atoms with Gasteiger partial charge in [-0.2, -0.15) is 0 Å². The van der Waals surface area contributed by atoms with Gasteiger partial charge < -0.3 is 20.7 Å². The molecule has 1 aromatic rings. The number of anilines is 1. The van der Waals surface area contributed by atoms with Gasteiger partial charge in [0.15, 0.2) is 0 Å². The molecule has 1 aromatic carbocycles. The number of hydrogen-bond donors (Lipinski definition) is 2. The summed E-state index contributed by atoms with van der Waals surface area (Å²) in [7, 11) is 0. The van der Waals surface area contributed by atoms with Crippen molar-refractivity contribution in [2.24, 2.45) is 5.73 Å². The van der Waals surface area contributed by atoms with Crippen LogP contribution in [-0.2, 0) is 0 Å². The molecule has 0 saturated heterocycles. The van der Waals surface area contributed by atoms with Crippen LogP contribution in [0.15, 0.2) is 24.3 Å². The molecule has 0 aliphatic heterocycles. The van der Waals surface area contributed by atoms with Crippen molar-refractivity contribution in [2.75, 3.05) is 18.5 Å². The quantitative estimate of drug-likeness (QED) is 0.623. The predicted molar refractivity (Wildman–Crippen MR) is 108 cm³/mol. The van der Waals surface area contributed by atoms with Gasteiger partial charge in [0.25, 0.3) is 0 Å². The van der Waals surface area contributed by atoms with Crippen LogP contribution in [0, 0.1) is 0 Å².